The van der Waals surface area contributed by atoms with Crippen LogP contribution in [0.2, 0.25) is 0 Å². The Morgan fingerprint density at radius 3 is 2.76 bits per heavy atom. The van der Waals surface area contributed by atoms with Crippen molar-refractivity contribution < 1.29 is 18.4 Å². The number of aryl methyl sites for hydroxylation is 1. The average Bonchev–Trinajstić information content (AvgIpc) is 3.34. The monoisotopic (exact) mass is 337 g/mol. The van der Waals surface area contributed by atoms with Crippen molar-refractivity contribution in [1.29, 1.82) is 0 Å². The summed E-state index contributed by atoms with van der Waals surface area (Å²) >= 11 is 0. The number of benzene rings is 1. The number of carbonyl (C=O) groups excluding carboxylic acids is 1. The van der Waals surface area contributed by atoms with E-state index in [1.807, 2.05) is 34.9 Å². The molecule has 0 aliphatic rings. The first-order valence-corrected chi connectivity index (χ1v) is 7.71. The van der Waals surface area contributed by atoms with Gasteiger partial charge in [-0.3, -0.25) is 0 Å². The summed E-state index contributed by atoms with van der Waals surface area (Å²) in [6.45, 7) is 2.17. The normalized spacial score (nSPS) is 11.1. The van der Waals surface area contributed by atoms with Gasteiger partial charge in [0.05, 0.1) is 13.7 Å². The molecule has 0 saturated carbocycles. The van der Waals surface area contributed by atoms with Gasteiger partial charge in [-0.05, 0) is 24.3 Å². The first-order chi connectivity index (χ1) is 12.2. The van der Waals surface area contributed by atoms with E-state index in [4.69, 9.17) is 8.83 Å². The number of rotatable bonds is 4. The van der Waals surface area contributed by atoms with E-state index in [9.17, 15) is 4.79 Å². The molecule has 0 aliphatic heterocycles. The van der Waals surface area contributed by atoms with Gasteiger partial charge in [0.25, 0.3) is 5.89 Å². The molecule has 7 heteroatoms. The van der Waals surface area contributed by atoms with Gasteiger partial charge in [-0.1, -0.05) is 18.2 Å². The van der Waals surface area contributed by atoms with Gasteiger partial charge < -0.3 is 18.1 Å². The van der Waals surface area contributed by atoms with Crippen LogP contribution in [0.25, 0.3) is 22.5 Å². The van der Waals surface area contributed by atoms with Crippen molar-refractivity contribution in [2.24, 2.45) is 0 Å². The molecule has 1 aromatic carbocycles. The molecular formula is C18H15N3O4. The number of ether oxygens (including phenoxy) is 1. The molecule has 4 aromatic rings. The molecule has 0 saturated heterocycles. The molecule has 0 fully saturated rings. The molecule has 0 N–H and O–H groups in total. The lowest BCUT2D eigenvalue weighted by atomic mass is 10.2. The van der Waals surface area contributed by atoms with Gasteiger partial charge in [-0.25, -0.2) is 4.79 Å². The van der Waals surface area contributed by atoms with E-state index in [1.165, 1.54) is 7.11 Å². The Morgan fingerprint density at radius 1 is 1.16 bits per heavy atom. The van der Waals surface area contributed by atoms with Gasteiger partial charge in [-0.2, -0.15) is 0 Å². The zero-order valence-electron chi connectivity index (χ0n) is 13.7. The molecular weight excluding hydrogens is 322 g/mol. The highest BCUT2D eigenvalue weighted by Gasteiger charge is 2.18. The Morgan fingerprint density at radius 2 is 2.00 bits per heavy atom. The summed E-state index contributed by atoms with van der Waals surface area (Å²) in [5, 5.41) is 9.07. The topological polar surface area (TPSA) is 83.3 Å². The fourth-order valence-corrected chi connectivity index (χ4v) is 2.79. The van der Waals surface area contributed by atoms with E-state index < -0.39 is 5.97 Å². The quantitative estimate of drug-likeness (QED) is 0.531. The van der Waals surface area contributed by atoms with E-state index in [1.54, 1.807) is 19.1 Å². The van der Waals surface area contributed by atoms with E-state index in [-0.39, 0.29) is 5.76 Å². The number of nitrogens with zero attached hydrogens (tertiary/aromatic N) is 3. The first-order valence-electron chi connectivity index (χ1n) is 7.71. The minimum absolute atomic E-state index is 0.171. The molecule has 0 atom stereocenters. The molecule has 25 heavy (non-hydrogen) atoms. The van der Waals surface area contributed by atoms with Crippen LogP contribution in [0, 0.1) is 6.92 Å². The Kier molecular flexibility index (Phi) is 3.61. The van der Waals surface area contributed by atoms with Crippen LogP contribution < -0.4 is 0 Å². The molecule has 7 nitrogen and oxygen atoms in total. The second-order valence-corrected chi connectivity index (χ2v) is 5.56. The van der Waals surface area contributed by atoms with Crippen molar-refractivity contribution in [3.05, 3.63) is 59.9 Å². The summed E-state index contributed by atoms with van der Waals surface area (Å²) in [4.78, 5) is 11.6. The van der Waals surface area contributed by atoms with Crippen LogP contribution in [-0.4, -0.2) is 27.8 Å². The highest BCUT2D eigenvalue weighted by Crippen LogP contribution is 2.28. The third-order valence-electron chi connectivity index (χ3n) is 3.92. The maximum absolute atomic E-state index is 11.6. The molecule has 0 spiro atoms. The number of carbonyl (C=O) groups is 1. The Hall–Kier alpha value is -3.35. The number of furan rings is 1. The van der Waals surface area contributed by atoms with E-state index in [0.717, 1.165) is 16.6 Å². The summed E-state index contributed by atoms with van der Waals surface area (Å²) in [5.41, 5.74) is 1.79. The molecule has 3 aromatic heterocycles. The number of methoxy groups -OCH3 is 1. The number of para-hydroxylation sites is 1. The van der Waals surface area contributed by atoms with E-state index in [2.05, 4.69) is 14.9 Å². The maximum Gasteiger partial charge on any atom is 0.373 e. The fraction of sp³-hybridized carbons (Fsp3) is 0.167. The fourth-order valence-electron chi connectivity index (χ4n) is 2.79. The van der Waals surface area contributed by atoms with Gasteiger partial charge in [0, 0.05) is 17.8 Å². The van der Waals surface area contributed by atoms with Crippen LogP contribution in [0.5, 0.6) is 0 Å². The zero-order valence-corrected chi connectivity index (χ0v) is 13.7. The molecule has 0 amide bonds. The lowest BCUT2D eigenvalue weighted by Crippen LogP contribution is -2.02. The van der Waals surface area contributed by atoms with Gasteiger partial charge in [0.15, 0.2) is 0 Å². The Balaban J connectivity index is 1.80. The molecule has 126 valence electrons. The predicted molar refractivity (Wildman–Crippen MR) is 89.1 cm³/mol. The van der Waals surface area contributed by atoms with Gasteiger partial charge in [0.1, 0.15) is 11.5 Å². The number of hydrogen-bond acceptors (Lipinski definition) is 6. The van der Waals surface area contributed by atoms with Crippen molar-refractivity contribution in [3.8, 4) is 11.6 Å². The molecule has 0 unspecified atom stereocenters. The van der Waals surface area contributed by atoms with E-state index >= 15 is 0 Å². The smallest absolute Gasteiger partial charge is 0.373 e. The number of fused-ring (bicyclic) bond motifs is 1. The van der Waals surface area contributed by atoms with Crippen LogP contribution >= 0.6 is 0 Å². The van der Waals surface area contributed by atoms with Crippen LogP contribution in [0.15, 0.2) is 51.3 Å². The Labute approximate surface area is 142 Å². The third-order valence-corrected chi connectivity index (χ3v) is 3.92. The van der Waals surface area contributed by atoms with Crippen LogP contribution in [0.4, 0.5) is 0 Å². The summed E-state index contributed by atoms with van der Waals surface area (Å²) < 4.78 is 17.9. The third kappa shape index (κ3) is 2.69. The van der Waals surface area contributed by atoms with Crippen molar-refractivity contribution in [2.45, 2.75) is 13.5 Å². The van der Waals surface area contributed by atoms with E-state index in [0.29, 0.717) is 24.1 Å². The SMILES string of the molecule is COC(=O)c1ccc(Cn2c(-c3nnc(C)o3)cc3ccccc32)o1. The minimum Gasteiger partial charge on any atom is -0.463 e. The van der Waals surface area contributed by atoms with Crippen molar-refractivity contribution in [2.75, 3.05) is 7.11 Å². The van der Waals surface area contributed by atoms with Crippen molar-refractivity contribution in [3.63, 3.8) is 0 Å². The van der Waals surface area contributed by atoms with Gasteiger partial charge in [-0.15, -0.1) is 10.2 Å². The van der Waals surface area contributed by atoms with Crippen LogP contribution in [0.3, 0.4) is 0 Å². The van der Waals surface area contributed by atoms with Crippen LogP contribution in [-0.2, 0) is 11.3 Å². The minimum atomic E-state index is -0.503. The second-order valence-electron chi connectivity index (χ2n) is 5.56. The van der Waals surface area contributed by atoms with Crippen molar-refractivity contribution in [1.82, 2.24) is 14.8 Å². The second kappa shape index (κ2) is 5.94. The predicted octanol–water partition coefficient (Wildman–Crippen LogP) is 3.43. The molecule has 4 rings (SSSR count). The standard InChI is InChI=1S/C18H15N3O4/c1-11-19-20-17(24-11)15-9-12-5-3-4-6-14(12)21(15)10-13-7-8-16(25-13)18(22)23-2/h3-9H,10H2,1-2H3. The van der Waals surface area contributed by atoms with Gasteiger partial charge >= 0.3 is 5.97 Å². The molecule has 3 heterocycles. The molecule has 0 bridgehead atoms. The number of esters is 1. The highest BCUT2D eigenvalue weighted by atomic mass is 16.5. The summed E-state index contributed by atoms with van der Waals surface area (Å²) in [6, 6.07) is 13.3. The maximum atomic E-state index is 11.6. The Bertz CT molecular complexity index is 1060. The lowest BCUT2D eigenvalue weighted by molar-refractivity contribution is 0.0563. The largest absolute Gasteiger partial charge is 0.463 e. The lowest BCUT2D eigenvalue weighted by Gasteiger charge is -2.06. The highest BCUT2D eigenvalue weighted by molar-refractivity contribution is 5.86. The zero-order chi connectivity index (χ0) is 17.4. The molecule has 0 radical (unpaired) electrons. The number of aromatic nitrogens is 3. The first kappa shape index (κ1) is 15.2. The average molecular weight is 337 g/mol. The van der Waals surface area contributed by atoms with Gasteiger partial charge in [0.2, 0.25) is 11.7 Å². The summed E-state index contributed by atoms with van der Waals surface area (Å²) in [7, 11) is 1.32. The van der Waals surface area contributed by atoms with Crippen LogP contribution in [0.1, 0.15) is 22.2 Å². The molecule has 0 aliphatic carbocycles. The summed E-state index contributed by atoms with van der Waals surface area (Å²) in [5.74, 6) is 1.23. The number of hydrogen-bond donors (Lipinski definition) is 0. The van der Waals surface area contributed by atoms with Crippen molar-refractivity contribution >= 4 is 16.9 Å². The summed E-state index contributed by atoms with van der Waals surface area (Å²) in [6.07, 6.45) is 0.